The second-order valence-electron chi connectivity index (χ2n) is 18.8. The number of nitrogens with zero attached hydrogens (tertiary/aromatic N) is 2. The first-order valence-electron chi connectivity index (χ1n) is 23.2. The van der Waals surface area contributed by atoms with Crippen LogP contribution < -0.4 is 14.9 Å². The molecule has 362 valence electrons. The summed E-state index contributed by atoms with van der Waals surface area (Å²) in [6.07, 6.45) is 0.372. The fourth-order valence-corrected chi connectivity index (χ4v) is 9.03. The normalized spacial score (nSPS) is 18.2. The molecule has 3 aliphatic heterocycles. The number of amides is 2. The average Bonchev–Trinajstić information content (AvgIpc) is 3.89. The molecule has 3 heterocycles. The quantitative estimate of drug-likeness (QED) is 0.0432. The van der Waals surface area contributed by atoms with Crippen molar-refractivity contribution in [3.63, 3.8) is 0 Å². The zero-order chi connectivity index (χ0) is 48.8. The SMILES string of the molecule is COC(=O)C(C(C)C)N1Cc2ccc(OCCOCc3ccc(B4OC(C)(C)C(C)(CCOC(=O)C(C(C)C)N5Cc6ccc(OCCOCc7ccc(Br)cc7)cc6C5=O)O4)cc3)cc2C1=O. The average molecular weight is 998 g/mol. The Hall–Kier alpha value is -5.26. The van der Waals surface area contributed by atoms with E-state index in [1.165, 1.54) is 7.11 Å². The van der Waals surface area contributed by atoms with Crippen LogP contribution >= 0.6 is 15.9 Å². The first-order chi connectivity index (χ1) is 32.5. The molecule has 0 saturated carbocycles. The molecular formula is C52H62BBrN2O12. The summed E-state index contributed by atoms with van der Waals surface area (Å²) in [5, 5.41) is 0. The number of fused-ring (bicyclic) bond motifs is 2. The minimum atomic E-state index is -0.793. The van der Waals surface area contributed by atoms with Crippen molar-refractivity contribution in [1.82, 2.24) is 9.80 Å². The van der Waals surface area contributed by atoms with Gasteiger partial charge in [-0.05, 0) is 96.7 Å². The summed E-state index contributed by atoms with van der Waals surface area (Å²) in [6.45, 7) is 16.4. The van der Waals surface area contributed by atoms with Gasteiger partial charge in [-0.3, -0.25) is 9.59 Å². The van der Waals surface area contributed by atoms with E-state index >= 15 is 0 Å². The van der Waals surface area contributed by atoms with Gasteiger partial charge in [-0.2, -0.15) is 0 Å². The first kappa shape index (κ1) is 50.6. The molecule has 1 fully saturated rings. The van der Waals surface area contributed by atoms with Crippen molar-refractivity contribution in [2.75, 3.05) is 40.1 Å². The summed E-state index contributed by atoms with van der Waals surface area (Å²) in [4.78, 5) is 56.3. The van der Waals surface area contributed by atoms with E-state index in [1.54, 1.807) is 21.9 Å². The number of benzene rings is 4. The molecule has 3 unspecified atom stereocenters. The molecule has 0 aromatic heterocycles. The van der Waals surface area contributed by atoms with Crippen molar-refractivity contribution >= 4 is 52.3 Å². The van der Waals surface area contributed by atoms with Crippen LogP contribution in [0.1, 0.15) is 97.9 Å². The molecule has 4 aromatic carbocycles. The number of hydrogen-bond acceptors (Lipinski definition) is 12. The van der Waals surface area contributed by atoms with E-state index < -0.39 is 42.3 Å². The third kappa shape index (κ3) is 11.6. The van der Waals surface area contributed by atoms with Gasteiger partial charge < -0.3 is 47.5 Å². The standard InChI is InChI=1S/C52H62BBrN2O12/c1-33(2)45(49(59)61-8)55-29-37-13-19-41(27-43(37)47(55)57)64-25-23-62-31-35-9-15-39(16-10-35)53-67-51(5,6)52(7,68-53)21-22-66-50(60)46(34(3)4)56-30-38-14-20-42(28-44(38)48(56)58)65-26-24-63-32-36-11-17-40(54)18-12-36/h9-20,27-28,33-34,45-46H,21-26,29-32H2,1-8H3. The van der Waals surface area contributed by atoms with Gasteiger partial charge >= 0.3 is 19.1 Å². The maximum Gasteiger partial charge on any atom is 0.494 e. The summed E-state index contributed by atoms with van der Waals surface area (Å²) in [5.41, 5.74) is 4.05. The van der Waals surface area contributed by atoms with Crippen LogP contribution in [0.25, 0.3) is 0 Å². The van der Waals surface area contributed by atoms with Crippen LogP contribution in [0.4, 0.5) is 0 Å². The predicted octanol–water partition coefficient (Wildman–Crippen LogP) is 7.69. The molecule has 2 amide bonds. The number of esters is 2. The van der Waals surface area contributed by atoms with Gasteiger partial charge in [-0.25, -0.2) is 9.59 Å². The molecule has 0 radical (unpaired) electrons. The van der Waals surface area contributed by atoms with Crippen LogP contribution in [-0.2, 0) is 64.1 Å². The fraction of sp³-hybridized carbons (Fsp3) is 0.462. The molecule has 0 N–H and O–H groups in total. The number of carbonyl (C=O) groups is 4. The Kier molecular flexibility index (Phi) is 16.4. The van der Waals surface area contributed by atoms with Crippen molar-refractivity contribution in [3.05, 3.63) is 123 Å². The van der Waals surface area contributed by atoms with E-state index in [-0.39, 0.29) is 36.9 Å². The van der Waals surface area contributed by atoms with Gasteiger partial charge in [-0.15, -0.1) is 0 Å². The molecule has 3 aliphatic rings. The highest BCUT2D eigenvalue weighted by molar-refractivity contribution is 9.10. The van der Waals surface area contributed by atoms with Gasteiger partial charge in [-0.1, -0.05) is 92.2 Å². The second kappa shape index (κ2) is 22.0. The Morgan fingerprint density at radius 2 is 1.15 bits per heavy atom. The Labute approximate surface area is 408 Å². The van der Waals surface area contributed by atoms with E-state index in [9.17, 15) is 19.2 Å². The zero-order valence-corrected chi connectivity index (χ0v) is 41.8. The highest BCUT2D eigenvalue weighted by Gasteiger charge is 2.54. The second-order valence-corrected chi connectivity index (χ2v) is 19.7. The third-order valence-electron chi connectivity index (χ3n) is 13.0. The number of halogens is 1. The minimum absolute atomic E-state index is 0.0773. The van der Waals surface area contributed by atoms with E-state index in [2.05, 4.69) is 15.9 Å². The molecule has 0 bridgehead atoms. The Morgan fingerprint density at radius 3 is 1.63 bits per heavy atom. The van der Waals surface area contributed by atoms with Gasteiger partial charge in [0, 0.05) is 35.1 Å². The number of ether oxygens (including phenoxy) is 6. The van der Waals surface area contributed by atoms with Crippen molar-refractivity contribution in [2.24, 2.45) is 11.8 Å². The van der Waals surface area contributed by atoms with Crippen LogP contribution in [-0.4, -0.2) is 104 Å². The lowest BCUT2D eigenvalue weighted by Crippen LogP contribution is -2.48. The lowest BCUT2D eigenvalue weighted by atomic mass is 9.79. The number of carbonyl (C=O) groups excluding carboxylic acids is 4. The predicted molar refractivity (Wildman–Crippen MR) is 258 cm³/mol. The van der Waals surface area contributed by atoms with E-state index in [0.717, 1.165) is 32.2 Å². The lowest BCUT2D eigenvalue weighted by Gasteiger charge is -2.36. The Balaban J connectivity index is 0.838. The van der Waals surface area contributed by atoms with Gasteiger partial charge in [0.2, 0.25) is 0 Å². The molecule has 16 heteroatoms. The van der Waals surface area contributed by atoms with E-state index in [1.807, 2.05) is 121 Å². The van der Waals surface area contributed by atoms with Gasteiger partial charge in [0.1, 0.15) is 36.8 Å². The summed E-state index contributed by atoms with van der Waals surface area (Å²) >= 11 is 3.44. The topological polar surface area (TPSA) is 149 Å². The van der Waals surface area contributed by atoms with E-state index in [0.29, 0.717) is 75.2 Å². The van der Waals surface area contributed by atoms with Crippen LogP contribution in [0.3, 0.4) is 0 Å². The molecular weight excluding hydrogens is 935 g/mol. The monoisotopic (exact) mass is 996 g/mol. The fourth-order valence-electron chi connectivity index (χ4n) is 8.76. The van der Waals surface area contributed by atoms with Crippen molar-refractivity contribution < 1.29 is 56.9 Å². The van der Waals surface area contributed by atoms with Crippen LogP contribution in [0, 0.1) is 11.8 Å². The summed E-state index contributed by atoms with van der Waals surface area (Å²) in [7, 11) is 0.693. The highest BCUT2D eigenvalue weighted by atomic mass is 79.9. The van der Waals surface area contributed by atoms with Crippen molar-refractivity contribution in [1.29, 1.82) is 0 Å². The summed E-state index contributed by atoms with van der Waals surface area (Å²) in [5.74, 6) is -0.532. The van der Waals surface area contributed by atoms with Crippen molar-refractivity contribution in [2.45, 2.75) is 104 Å². The maximum atomic E-state index is 13.8. The van der Waals surface area contributed by atoms with Crippen LogP contribution in [0.2, 0.25) is 0 Å². The molecule has 0 aliphatic carbocycles. The lowest BCUT2D eigenvalue weighted by molar-refractivity contribution is -0.153. The number of methoxy groups -OCH3 is 1. The maximum absolute atomic E-state index is 13.8. The Morgan fingerprint density at radius 1 is 0.662 bits per heavy atom. The Bertz CT molecular complexity index is 2430. The first-order valence-corrected chi connectivity index (χ1v) is 24.0. The van der Waals surface area contributed by atoms with E-state index in [4.69, 9.17) is 37.7 Å². The molecule has 0 spiro atoms. The van der Waals surface area contributed by atoms with Crippen LogP contribution in [0.5, 0.6) is 11.5 Å². The number of rotatable bonds is 22. The molecule has 1 saturated heterocycles. The van der Waals surface area contributed by atoms with Crippen LogP contribution in [0.15, 0.2) is 89.4 Å². The zero-order valence-electron chi connectivity index (χ0n) is 40.2. The smallest absolute Gasteiger partial charge is 0.491 e. The largest absolute Gasteiger partial charge is 0.494 e. The molecule has 4 aromatic rings. The molecule has 68 heavy (non-hydrogen) atoms. The summed E-state index contributed by atoms with van der Waals surface area (Å²) in [6, 6.07) is 25.2. The third-order valence-corrected chi connectivity index (χ3v) is 13.5. The number of hydrogen-bond donors (Lipinski definition) is 0. The molecule has 7 rings (SSSR count). The van der Waals surface area contributed by atoms with Gasteiger partial charge in [0.05, 0.1) is 51.3 Å². The van der Waals surface area contributed by atoms with Gasteiger partial charge in [0.15, 0.2) is 0 Å². The van der Waals surface area contributed by atoms with Gasteiger partial charge in [0.25, 0.3) is 11.8 Å². The summed E-state index contributed by atoms with van der Waals surface area (Å²) < 4.78 is 48.4. The molecule has 3 atom stereocenters. The minimum Gasteiger partial charge on any atom is -0.491 e. The van der Waals surface area contributed by atoms with Crippen molar-refractivity contribution in [3.8, 4) is 11.5 Å². The molecule has 14 nitrogen and oxygen atoms in total. The highest BCUT2D eigenvalue weighted by Crippen LogP contribution is 2.40.